The largest absolute Gasteiger partial charge is 0.345 e. The molecule has 0 saturated carbocycles. The van der Waals surface area contributed by atoms with Crippen LogP contribution in [0.15, 0.2) is 82.3 Å². The zero-order valence-corrected chi connectivity index (χ0v) is 23.0. The minimum atomic E-state index is -4.29. The first-order valence-corrected chi connectivity index (χ1v) is 14.7. The maximum atomic E-state index is 11.6. The molecule has 2 aromatic carbocycles. The van der Waals surface area contributed by atoms with Crippen molar-refractivity contribution in [2.45, 2.75) is 48.8 Å². The van der Waals surface area contributed by atoms with E-state index in [0.717, 1.165) is 33.9 Å². The summed E-state index contributed by atoms with van der Waals surface area (Å²) in [4.78, 5) is 1.88. The average molecular weight is 544 g/mol. The van der Waals surface area contributed by atoms with E-state index in [1.54, 1.807) is 12.1 Å². The molecule has 1 atom stereocenters. The summed E-state index contributed by atoms with van der Waals surface area (Å²) in [6, 6.07) is 9.30. The Morgan fingerprint density at radius 1 is 0.973 bits per heavy atom. The average Bonchev–Trinajstić information content (AvgIpc) is 3.19. The first-order chi connectivity index (χ1) is 17.2. The van der Waals surface area contributed by atoms with E-state index in [2.05, 4.69) is 4.90 Å². The van der Waals surface area contributed by atoms with Crippen LogP contribution in [0, 0.1) is 0 Å². The van der Waals surface area contributed by atoms with E-state index < -0.39 is 25.7 Å². The lowest BCUT2D eigenvalue weighted by atomic mass is 9.81. The van der Waals surface area contributed by atoms with Crippen molar-refractivity contribution in [2.75, 3.05) is 18.5 Å². The van der Waals surface area contributed by atoms with E-state index in [-0.39, 0.29) is 15.7 Å². The van der Waals surface area contributed by atoms with E-state index in [0.29, 0.717) is 6.54 Å². The van der Waals surface area contributed by atoms with Crippen LogP contribution in [0.3, 0.4) is 0 Å². The molecule has 0 saturated heterocycles. The highest BCUT2D eigenvalue weighted by atomic mass is 32.2. The van der Waals surface area contributed by atoms with Crippen molar-refractivity contribution in [3.63, 3.8) is 0 Å². The third-order valence-corrected chi connectivity index (χ3v) is 8.87. The van der Waals surface area contributed by atoms with Crippen molar-refractivity contribution in [1.29, 1.82) is 0 Å². The third-order valence-electron chi connectivity index (χ3n) is 7.17. The zero-order valence-electron chi connectivity index (χ0n) is 21.4. The number of nitrogens with zero attached hydrogens (tertiary/aromatic N) is 2. The van der Waals surface area contributed by atoms with Gasteiger partial charge in [0.25, 0.3) is 20.2 Å². The Hall–Kier alpha value is -3.05. The van der Waals surface area contributed by atoms with Crippen molar-refractivity contribution < 1.29 is 30.5 Å². The molecule has 8 nitrogen and oxygen atoms in total. The minimum Gasteiger partial charge on any atom is -0.345 e. The van der Waals surface area contributed by atoms with Gasteiger partial charge in [0.05, 0.1) is 15.2 Å². The predicted octanol–water partition coefficient (Wildman–Crippen LogP) is 4.83. The summed E-state index contributed by atoms with van der Waals surface area (Å²) in [7, 11) is -6.65. The highest BCUT2D eigenvalue weighted by molar-refractivity contribution is 7.86. The van der Waals surface area contributed by atoms with Crippen molar-refractivity contribution in [3.8, 4) is 0 Å². The molecular formula is C27H31N2O6S2+. The fourth-order valence-electron chi connectivity index (χ4n) is 5.25. The fraction of sp³-hybridized carbons (Fsp3) is 0.296. The van der Waals surface area contributed by atoms with Crippen LogP contribution in [-0.2, 0) is 25.7 Å². The van der Waals surface area contributed by atoms with Gasteiger partial charge in [0.2, 0.25) is 5.69 Å². The standard InChI is InChI=1S/C27H30N2O6S2/c1-6-29-23(18(2)21-16-19(36(30,31)32)12-14-24(21)29)10-8-7-9-11-26-27(3,4)22-17-20(37(33,34)35)13-15-25(22)28(26)5/h7-18H,6H2,1-5H3,(H-,30,31,32,33,34,35)/p+1. The van der Waals surface area contributed by atoms with Gasteiger partial charge in [-0.05, 0) is 62.7 Å². The molecule has 2 aliphatic rings. The second kappa shape index (κ2) is 9.36. The Balaban J connectivity index is 1.58. The smallest absolute Gasteiger partial charge is 0.294 e. The van der Waals surface area contributed by atoms with Gasteiger partial charge in [-0.3, -0.25) is 9.11 Å². The number of likely N-dealkylation sites (N-methyl/N-ethyl adjacent to an activating group) is 1. The molecule has 196 valence electrons. The van der Waals surface area contributed by atoms with Gasteiger partial charge in [-0.2, -0.15) is 21.4 Å². The van der Waals surface area contributed by atoms with Gasteiger partial charge >= 0.3 is 0 Å². The van der Waals surface area contributed by atoms with E-state index in [1.807, 2.05) is 69.7 Å². The molecule has 0 spiro atoms. The quantitative estimate of drug-likeness (QED) is 0.305. The normalized spacial score (nSPS) is 20.5. The first-order valence-electron chi connectivity index (χ1n) is 11.8. The molecule has 0 fully saturated rings. The number of fused-ring (bicyclic) bond motifs is 2. The van der Waals surface area contributed by atoms with Gasteiger partial charge < -0.3 is 4.90 Å². The summed E-state index contributed by atoms with van der Waals surface area (Å²) < 4.78 is 67.3. The molecule has 2 aromatic rings. The van der Waals surface area contributed by atoms with Crippen LogP contribution in [0.1, 0.15) is 44.7 Å². The van der Waals surface area contributed by atoms with Crippen LogP contribution in [-0.4, -0.2) is 49.8 Å². The van der Waals surface area contributed by atoms with Crippen LogP contribution in [0.5, 0.6) is 0 Å². The maximum absolute atomic E-state index is 11.6. The highest BCUT2D eigenvalue weighted by Gasteiger charge is 2.43. The lowest BCUT2D eigenvalue weighted by molar-refractivity contribution is -0.401. The molecule has 2 aliphatic heterocycles. The Bertz CT molecular complexity index is 1610. The molecule has 2 heterocycles. The number of allylic oxidation sites excluding steroid dienone is 6. The van der Waals surface area contributed by atoms with Gasteiger partial charge in [-0.15, -0.1) is 0 Å². The van der Waals surface area contributed by atoms with Crippen LogP contribution in [0.2, 0.25) is 0 Å². The second-order valence-electron chi connectivity index (χ2n) is 9.72. The second-order valence-corrected chi connectivity index (χ2v) is 12.6. The Morgan fingerprint density at radius 3 is 2.22 bits per heavy atom. The Kier molecular flexibility index (Phi) is 6.83. The monoisotopic (exact) mass is 543 g/mol. The predicted molar refractivity (Wildman–Crippen MR) is 144 cm³/mol. The van der Waals surface area contributed by atoms with E-state index in [4.69, 9.17) is 0 Å². The summed E-state index contributed by atoms with van der Waals surface area (Å²) in [6.07, 6.45) is 9.72. The van der Waals surface area contributed by atoms with E-state index >= 15 is 0 Å². The molecule has 10 heteroatoms. The number of hydrogen-bond donors (Lipinski definition) is 2. The maximum Gasteiger partial charge on any atom is 0.294 e. The Labute approximate surface area is 218 Å². The van der Waals surface area contributed by atoms with E-state index in [9.17, 15) is 25.9 Å². The molecule has 4 rings (SSSR count). The zero-order chi connectivity index (χ0) is 27.3. The fourth-order valence-corrected chi connectivity index (χ4v) is 6.27. The summed E-state index contributed by atoms with van der Waals surface area (Å²) in [6.45, 7) is 8.74. The topological polar surface area (TPSA) is 115 Å². The molecule has 0 aromatic heterocycles. The van der Waals surface area contributed by atoms with Crippen molar-refractivity contribution in [3.05, 3.63) is 83.6 Å². The molecule has 0 aliphatic carbocycles. The van der Waals surface area contributed by atoms with Crippen molar-refractivity contribution in [1.82, 2.24) is 0 Å². The van der Waals surface area contributed by atoms with Gasteiger partial charge in [-0.25, -0.2) is 0 Å². The summed E-state index contributed by atoms with van der Waals surface area (Å²) in [5.74, 6) is -0.0500. The lowest BCUT2D eigenvalue weighted by Gasteiger charge is -2.20. The minimum absolute atomic E-state index is 0.0500. The van der Waals surface area contributed by atoms with Crippen LogP contribution in [0.25, 0.3) is 0 Å². The number of hydrogen-bond acceptors (Lipinski definition) is 5. The first kappa shape index (κ1) is 27.0. The lowest BCUT2D eigenvalue weighted by Crippen LogP contribution is -2.26. The number of rotatable bonds is 6. The highest BCUT2D eigenvalue weighted by Crippen LogP contribution is 2.44. The molecule has 1 unspecified atom stereocenters. The van der Waals surface area contributed by atoms with Gasteiger partial charge in [0, 0.05) is 41.6 Å². The molecule has 0 amide bonds. The van der Waals surface area contributed by atoms with Crippen LogP contribution in [0.4, 0.5) is 11.4 Å². The van der Waals surface area contributed by atoms with Gasteiger partial charge in [0.15, 0.2) is 5.71 Å². The summed E-state index contributed by atoms with van der Waals surface area (Å²) >= 11 is 0. The molecule has 37 heavy (non-hydrogen) atoms. The number of anilines is 1. The van der Waals surface area contributed by atoms with Crippen molar-refractivity contribution in [2.24, 2.45) is 0 Å². The summed E-state index contributed by atoms with van der Waals surface area (Å²) in [5.41, 5.74) is 4.98. The molecule has 0 radical (unpaired) electrons. The van der Waals surface area contributed by atoms with Gasteiger partial charge in [-0.1, -0.05) is 25.2 Å². The summed E-state index contributed by atoms with van der Waals surface area (Å²) in [5, 5.41) is 0. The van der Waals surface area contributed by atoms with Crippen LogP contribution >= 0.6 is 0 Å². The van der Waals surface area contributed by atoms with Crippen molar-refractivity contribution >= 4 is 37.3 Å². The molecule has 0 bridgehead atoms. The van der Waals surface area contributed by atoms with Gasteiger partial charge in [0.1, 0.15) is 7.05 Å². The Morgan fingerprint density at radius 2 is 1.59 bits per heavy atom. The molecular weight excluding hydrogens is 512 g/mol. The van der Waals surface area contributed by atoms with E-state index in [1.165, 1.54) is 24.3 Å². The SMILES string of the molecule is CCN1C(=CC=CC=CC2=[N+](C)c3ccc(S(=O)(=O)O)cc3C2(C)C)C(C)c2cc(S(=O)(=O)O)ccc21. The third kappa shape index (κ3) is 4.82. The van der Waals surface area contributed by atoms with Crippen LogP contribution < -0.4 is 4.90 Å². The number of benzene rings is 2. The molecule has 2 N–H and O–H groups in total.